The topological polar surface area (TPSA) is 18.5 Å². The van der Waals surface area contributed by atoms with Crippen LogP contribution in [0.25, 0.3) is 0 Å². The highest BCUT2D eigenvalue weighted by atomic mass is 15.2. The summed E-state index contributed by atoms with van der Waals surface area (Å²) in [6.45, 7) is 7.34. The van der Waals surface area contributed by atoms with Gasteiger partial charge in [-0.05, 0) is 50.5 Å². The lowest BCUT2D eigenvalue weighted by atomic mass is 9.93. The minimum absolute atomic E-state index is 0.762. The van der Waals surface area contributed by atoms with Crippen molar-refractivity contribution in [1.29, 1.82) is 0 Å². The Morgan fingerprint density at radius 2 is 2.05 bits per heavy atom. The third-order valence-electron chi connectivity index (χ3n) is 4.44. The van der Waals surface area contributed by atoms with E-state index < -0.39 is 0 Å². The van der Waals surface area contributed by atoms with Gasteiger partial charge in [-0.15, -0.1) is 0 Å². The zero-order valence-corrected chi connectivity index (χ0v) is 11.9. The molecule has 0 radical (unpaired) electrons. The number of para-hydroxylation sites is 1. The first-order chi connectivity index (χ1) is 9.31. The van der Waals surface area contributed by atoms with Crippen LogP contribution in [0.4, 0.5) is 5.69 Å². The van der Waals surface area contributed by atoms with Crippen LogP contribution in [-0.2, 0) is 6.42 Å². The molecule has 2 aliphatic heterocycles. The number of nitrogens with one attached hydrogen (secondary N) is 1. The van der Waals surface area contributed by atoms with Crippen molar-refractivity contribution in [1.82, 2.24) is 9.80 Å². The van der Waals surface area contributed by atoms with Gasteiger partial charge >= 0.3 is 0 Å². The van der Waals surface area contributed by atoms with Gasteiger partial charge in [-0.3, -0.25) is 0 Å². The standard InChI is InChI=1S/C16H25N3/c1-18-7-4-8-19(10-9-18)13-14-11-15-5-2-3-6-16(15)17-12-14/h2-3,5-6,14,17H,4,7-13H2,1H3. The maximum absolute atomic E-state index is 3.59. The zero-order chi connectivity index (χ0) is 13.1. The number of nitrogens with zero attached hydrogens (tertiary/aromatic N) is 2. The van der Waals surface area contributed by atoms with Gasteiger partial charge in [0, 0.05) is 31.9 Å². The van der Waals surface area contributed by atoms with Crippen molar-refractivity contribution in [2.24, 2.45) is 5.92 Å². The molecule has 1 unspecified atom stereocenters. The maximum Gasteiger partial charge on any atom is 0.0372 e. The van der Waals surface area contributed by atoms with Crippen LogP contribution in [-0.4, -0.2) is 56.1 Å². The molecule has 3 heteroatoms. The molecule has 19 heavy (non-hydrogen) atoms. The molecule has 1 N–H and O–H groups in total. The Morgan fingerprint density at radius 3 is 3.00 bits per heavy atom. The molecule has 1 saturated heterocycles. The lowest BCUT2D eigenvalue weighted by Crippen LogP contribution is -2.37. The van der Waals surface area contributed by atoms with E-state index in [1.165, 1.54) is 56.8 Å². The molecule has 2 heterocycles. The van der Waals surface area contributed by atoms with Crippen molar-refractivity contribution in [2.45, 2.75) is 12.8 Å². The van der Waals surface area contributed by atoms with E-state index in [9.17, 15) is 0 Å². The van der Waals surface area contributed by atoms with Gasteiger partial charge in [-0.25, -0.2) is 0 Å². The summed E-state index contributed by atoms with van der Waals surface area (Å²) in [7, 11) is 2.24. The zero-order valence-electron chi connectivity index (χ0n) is 11.9. The number of hydrogen-bond donors (Lipinski definition) is 1. The van der Waals surface area contributed by atoms with Crippen molar-refractivity contribution in [2.75, 3.05) is 51.6 Å². The van der Waals surface area contributed by atoms with Crippen LogP contribution in [0, 0.1) is 5.92 Å². The fraction of sp³-hybridized carbons (Fsp3) is 0.625. The molecule has 1 aromatic carbocycles. The van der Waals surface area contributed by atoms with E-state index in [0.29, 0.717) is 0 Å². The monoisotopic (exact) mass is 259 g/mol. The van der Waals surface area contributed by atoms with Crippen LogP contribution in [0.5, 0.6) is 0 Å². The Hall–Kier alpha value is -1.06. The number of anilines is 1. The van der Waals surface area contributed by atoms with Gasteiger partial charge in [0.25, 0.3) is 0 Å². The SMILES string of the molecule is CN1CCCN(CC2CNc3ccccc3C2)CC1. The van der Waals surface area contributed by atoms with E-state index in [2.05, 4.69) is 46.4 Å². The van der Waals surface area contributed by atoms with Gasteiger partial charge in [0.2, 0.25) is 0 Å². The highest BCUT2D eigenvalue weighted by Gasteiger charge is 2.21. The van der Waals surface area contributed by atoms with Crippen molar-refractivity contribution in [3.8, 4) is 0 Å². The summed E-state index contributed by atoms with van der Waals surface area (Å²) >= 11 is 0. The molecule has 0 bridgehead atoms. The maximum atomic E-state index is 3.59. The lowest BCUT2D eigenvalue weighted by Gasteiger charge is -2.30. The van der Waals surface area contributed by atoms with Gasteiger partial charge in [0.1, 0.15) is 0 Å². The Kier molecular flexibility index (Phi) is 4.04. The third-order valence-corrected chi connectivity index (χ3v) is 4.44. The highest BCUT2D eigenvalue weighted by Crippen LogP contribution is 2.24. The molecule has 2 aliphatic rings. The van der Waals surface area contributed by atoms with E-state index in [1.54, 1.807) is 0 Å². The van der Waals surface area contributed by atoms with Crippen LogP contribution in [0.2, 0.25) is 0 Å². The smallest absolute Gasteiger partial charge is 0.0372 e. The summed E-state index contributed by atoms with van der Waals surface area (Å²) in [5, 5.41) is 3.59. The van der Waals surface area contributed by atoms with Gasteiger partial charge in [-0.1, -0.05) is 18.2 Å². The summed E-state index contributed by atoms with van der Waals surface area (Å²) in [5.74, 6) is 0.762. The molecule has 3 nitrogen and oxygen atoms in total. The summed E-state index contributed by atoms with van der Waals surface area (Å²) in [5.41, 5.74) is 2.83. The van der Waals surface area contributed by atoms with Crippen LogP contribution in [0.15, 0.2) is 24.3 Å². The summed E-state index contributed by atoms with van der Waals surface area (Å²) in [6, 6.07) is 8.75. The molecule has 3 rings (SSSR count). The fourth-order valence-electron chi connectivity index (χ4n) is 3.29. The first-order valence-corrected chi connectivity index (χ1v) is 7.54. The second-order valence-corrected chi connectivity index (χ2v) is 6.07. The second kappa shape index (κ2) is 5.93. The Labute approximate surface area is 116 Å². The first kappa shape index (κ1) is 12.9. The largest absolute Gasteiger partial charge is 0.384 e. The van der Waals surface area contributed by atoms with Crippen molar-refractivity contribution < 1.29 is 0 Å². The quantitative estimate of drug-likeness (QED) is 0.875. The first-order valence-electron chi connectivity index (χ1n) is 7.54. The summed E-state index contributed by atoms with van der Waals surface area (Å²) in [4.78, 5) is 5.11. The van der Waals surface area contributed by atoms with E-state index in [0.717, 1.165) is 12.5 Å². The van der Waals surface area contributed by atoms with Gasteiger partial charge in [0.05, 0.1) is 0 Å². The number of rotatable bonds is 2. The minimum Gasteiger partial charge on any atom is -0.384 e. The molecule has 1 fully saturated rings. The number of likely N-dealkylation sites (N-methyl/N-ethyl adjacent to an activating group) is 1. The van der Waals surface area contributed by atoms with Crippen molar-refractivity contribution in [3.63, 3.8) is 0 Å². The van der Waals surface area contributed by atoms with Crippen LogP contribution >= 0.6 is 0 Å². The van der Waals surface area contributed by atoms with E-state index >= 15 is 0 Å². The Morgan fingerprint density at radius 1 is 1.16 bits per heavy atom. The minimum atomic E-state index is 0.762. The van der Waals surface area contributed by atoms with Crippen LogP contribution in [0.1, 0.15) is 12.0 Å². The number of hydrogen-bond acceptors (Lipinski definition) is 3. The Bertz CT molecular complexity index is 418. The van der Waals surface area contributed by atoms with E-state index in [-0.39, 0.29) is 0 Å². The van der Waals surface area contributed by atoms with Crippen molar-refractivity contribution >= 4 is 5.69 Å². The predicted molar refractivity (Wildman–Crippen MR) is 80.7 cm³/mol. The van der Waals surface area contributed by atoms with Gasteiger partial charge in [-0.2, -0.15) is 0 Å². The molecular weight excluding hydrogens is 234 g/mol. The van der Waals surface area contributed by atoms with Crippen molar-refractivity contribution in [3.05, 3.63) is 29.8 Å². The average Bonchev–Trinajstić information content (AvgIpc) is 2.64. The molecule has 0 aliphatic carbocycles. The molecule has 0 aromatic heterocycles. The van der Waals surface area contributed by atoms with E-state index in [4.69, 9.17) is 0 Å². The molecule has 1 aromatic rings. The third kappa shape index (κ3) is 3.28. The van der Waals surface area contributed by atoms with Gasteiger partial charge < -0.3 is 15.1 Å². The fourth-order valence-corrected chi connectivity index (χ4v) is 3.29. The van der Waals surface area contributed by atoms with Gasteiger partial charge in [0.15, 0.2) is 0 Å². The summed E-state index contributed by atoms with van der Waals surface area (Å²) < 4.78 is 0. The molecule has 1 atom stereocenters. The summed E-state index contributed by atoms with van der Waals surface area (Å²) in [6.07, 6.45) is 2.54. The number of benzene rings is 1. The normalized spacial score (nSPS) is 25.4. The van der Waals surface area contributed by atoms with Crippen LogP contribution in [0.3, 0.4) is 0 Å². The Balaban J connectivity index is 1.57. The van der Waals surface area contributed by atoms with Crippen LogP contribution < -0.4 is 5.32 Å². The highest BCUT2D eigenvalue weighted by molar-refractivity contribution is 5.53. The lowest BCUT2D eigenvalue weighted by molar-refractivity contribution is 0.237. The molecule has 104 valence electrons. The number of fused-ring (bicyclic) bond motifs is 1. The predicted octanol–water partition coefficient (Wildman–Crippen LogP) is 1.91. The molecular formula is C16H25N3. The molecule has 0 amide bonds. The molecule has 0 spiro atoms. The molecule has 0 saturated carbocycles. The van der Waals surface area contributed by atoms with E-state index in [1.807, 2.05) is 0 Å². The second-order valence-electron chi connectivity index (χ2n) is 6.07. The average molecular weight is 259 g/mol.